The van der Waals surface area contributed by atoms with Crippen LogP contribution >= 0.6 is 11.6 Å². The van der Waals surface area contributed by atoms with Gasteiger partial charge in [0.25, 0.3) is 0 Å². The second-order valence-electron chi connectivity index (χ2n) is 6.20. The molecule has 1 amide bonds. The molecule has 2 aromatic heterocycles. The fraction of sp³-hybridized carbons (Fsp3) is 0.0455. The molecular formula is C22H16ClN3O3. The number of carbonyl (C=O) groups excluding carboxylic acids is 1. The lowest BCUT2D eigenvalue weighted by Gasteiger charge is -2.08. The predicted molar refractivity (Wildman–Crippen MR) is 110 cm³/mol. The van der Waals surface area contributed by atoms with Crippen LogP contribution in [0.1, 0.15) is 17.0 Å². The maximum absolute atomic E-state index is 12.3. The second kappa shape index (κ2) is 8.58. The Morgan fingerprint density at radius 3 is 2.69 bits per heavy atom. The highest BCUT2D eigenvalue weighted by Gasteiger charge is 2.13. The van der Waals surface area contributed by atoms with E-state index in [1.165, 1.54) is 6.08 Å². The van der Waals surface area contributed by atoms with Gasteiger partial charge in [-0.15, -0.1) is 0 Å². The van der Waals surface area contributed by atoms with Crippen molar-refractivity contribution in [2.45, 2.75) is 6.42 Å². The summed E-state index contributed by atoms with van der Waals surface area (Å²) < 4.78 is 10.6. The molecule has 0 saturated heterocycles. The van der Waals surface area contributed by atoms with Crippen molar-refractivity contribution in [3.05, 3.63) is 95.0 Å². The topological polar surface area (TPSA) is 81.2 Å². The van der Waals surface area contributed by atoms with Gasteiger partial charge in [0.1, 0.15) is 0 Å². The first-order valence-electron chi connectivity index (χ1n) is 8.86. The van der Waals surface area contributed by atoms with Crippen molar-refractivity contribution in [3.63, 3.8) is 0 Å². The Morgan fingerprint density at radius 2 is 1.90 bits per heavy atom. The largest absolute Gasteiger partial charge is 0.461 e. The molecule has 2 aromatic carbocycles. The molecule has 1 N–H and O–H groups in total. The lowest BCUT2D eigenvalue weighted by atomic mass is 10.1. The summed E-state index contributed by atoms with van der Waals surface area (Å²) in [4.78, 5) is 16.7. The molecule has 0 saturated carbocycles. The van der Waals surface area contributed by atoms with Crippen molar-refractivity contribution in [3.8, 4) is 11.6 Å². The third-order valence-electron chi connectivity index (χ3n) is 4.12. The minimum Gasteiger partial charge on any atom is -0.461 e. The average molecular weight is 406 g/mol. The van der Waals surface area contributed by atoms with Gasteiger partial charge in [-0.05, 0) is 47.5 Å². The number of para-hydroxylation sites is 1. The number of hydrogen-bond acceptors (Lipinski definition) is 5. The van der Waals surface area contributed by atoms with E-state index in [0.29, 0.717) is 34.6 Å². The van der Waals surface area contributed by atoms with Gasteiger partial charge in [0.2, 0.25) is 17.6 Å². The van der Waals surface area contributed by atoms with Gasteiger partial charge in [0.15, 0.2) is 5.76 Å². The van der Waals surface area contributed by atoms with Gasteiger partial charge >= 0.3 is 0 Å². The standard InChI is InChI=1S/C22H16ClN3O3/c23-17-10-7-15(8-11-17)9-12-20(27)24-18-5-2-1-4-16(18)14-21-25-22(26-29-21)19-6-3-13-28-19/h1-13H,14H2,(H,24,27)/b12-9+. The van der Waals surface area contributed by atoms with Gasteiger partial charge in [-0.3, -0.25) is 4.79 Å². The maximum atomic E-state index is 12.3. The maximum Gasteiger partial charge on any atom is 0.248 e. The molecule has 7 heteroatoms. The van der Waals surface area contributed by atoms with Crippen LogP contribution in [0.3, 0.4) is 0 Å². The molecule has 4 aromatic rings. The van der Waals surface area contributed by atoms with Gasteiger partial charge in [0.05, 0.1) is 12.7 Å². The van der Waals surface area contributed by atoms with Crippen LogP contribution in [0.2, 0.25) is 5.02 Å². The summed E-state index contributed by atoms with van der Waals surface area (Å²) in [5.41, 5.74) is 2.42. The van der Waals surface area contributed by atoms with Crippen LogP contribution in [0.25, 0.3) is 17.7 Å². The third-order valence-corrected chi connectivity index (χ3v) is 4.38. The zero-order valence-electron chi connectivity index (χ0n) is 15.2. The Balaban J connectivity index is 1.45. The molecule has 6 nitrogen and oxygen atoms in total. The van der Waals surface area contributed by atoms with Crippen molar-refractivity contribution >= 4 is 29.3 Å². The number of anilines is 1. The molecule has 0 aliphatic rings. The summed E-state index contributed by atoms with van der Waals surface area (Å²) in [5.74, 6) is 1.11. The molecule has 2 heterocycles. The fourth-order valence-corrected chi connectivity index (χ4v) is 2.84. The van der Waals surface area contributed by atoms with Gasteiger partial charge in [-0.2, -0.15) is 4.98 Å². The van der Waals surface area contributed by atoms with Crippen LogP contribution < -0.4 is 5.32 Å². The van der Waals surface area contributed by atoms with Crippen LogP contribution in [0, 0.1) is 0 Å². The molecule has 4 rings (SSSR count). The van der Waals surface area contributed by atoms with E-state index < -0.39 is 0 Å². The number of halogens is 1. The summed E-state index contributed by atoms with van der Waals surface area (Å²) in [6, 6.07) is 18.2. The lowest BCUT2D eigenvalue weighted by Crippen LogP contribution is -2.10. The SMILES string of the molecule is O=C(/C=C/c1ccc(Cl)cc1)Nc1ccccc1Cc1nc(-c2ccco2)no1. The Kier molecular flexibility index (Phi) is 5.54. The van der Waals surface area contributed by atoms with Crippen molar-refractivity contribution in [1.29, 1.82) is 0 Å². The van der Waals surface area contributed by atoms with Gasteiger partial charge in [-0.25, -0.2) is 0 Å². The Labute approximate surface area is 171 Å². The molecule has 0 radical (unpaired) electrons. The van der Waals surface area contributed by atoms with E-state index in [4.69, 9.17) is 20.5 Å². The molecule has 0 aliphatic carbocycles. The second-order valence-corrected chi connectivity index (χ2v) is 6.63. The zero-order chi connectivity index (χ0) is 20.1. The molecule has 0 spiro atoms. The number of amides is 1. The Bertz CT molecular complexity index is 1130. The monoisotopic (exact) mass is 405 g/mol. The fourth-order valence-electron chi connectivity index (χ4n) is 2.71. The van der Waals surface area contributed by atoms with Gasteiger partial charge in [0, 0.05) is 16.8 Å². The number of hydrogen-bond donors (Lipinski definition) is 1. The van der Waals surface area contributed by atoms with E-state index in [1.807, 2.05) is 36.4 Å². The van der Waals surface area contributed by atoms with E-state index in [1.54, 1.807) is 36.6 Å². The minimum absolute atomic E-state index is 0.241. The molecule has 0 bridgehead atoms. The molecule has 0 unspecified atom stereocenters. The Morgan fingerprint density at radius 1 is 1.07 bits per heavy atom. The number of benzene rings is 2. The van der Waals surface area contributed by atoms with Crippen LogP contribution in [0.15, 0.2) is 81.9 Å². The van der Waals surface area contributed by atoms with Crippen LogP contribution in [-0.4, -0.2) is 16.0 Å². The summed E-state index contributed by atoms with van der Waals surface area (Å²) in [7, 11) is 0. The molecule has 0 aliphatic heterocycles. The summed E-state index contributed by atoms with van der Waals surface area (Å²) in [5, 5.41) is 7.46. The number of aromatic nitrogens is 2. The zero-order valence-corrected chi connectivity index (χ0v) is 16.0. The molecule has 0 atom stereocenters. The van der Waals surface area contributed by atoms with Crippen molar-refractivity contribution in [1.82, 2.24) is 10.1 Å². The van der Waals surface area contributed by atoms with Crippen LogP contribution in [0.4, 0.5) is 5.69 Å². The van der Waals surface area contributed by atoms with Crippen molar-refractivity contribution < 1.29 is 13.7 Å². The van der Waals surface area contributed by atoms with E-state index in [9.17, 15) is 4.79 Å². The number of carbonyl (C=O) groups is 1. The first kappa shape index (κ1) is 18.7. The van der Waals surface area contributed by atoms with Gasteiger partial charge < -0.3 is 14.3 Å². The third kappa shape index (κ3) is 4.80. The highest BCUT2D eigenvalue weighted by atomic mass is 35.5. The van der Waals surface area contributed by atoms with E-state index in [0.717, 1.165) is 11.1 Å². The highest BCUT2D eigenvalue weighted by molar-refractivity contribution is 6.30. The van der Waals surface area contributed by atoms with E-state index >= 15 is 0 Å². The molecular weight excluding hydrogens is 390 g/mol. The van der Waals surface area contributed by atoms with Crippen molar-refractivity contribution in [2.75, 3.05) is 5.32 Å². The van der Waals surface area contributed by atoms with E-state index in [-0.39, 0.29) is 5.91 Å². The lowest BCUT2D eigenvalue weighted by molar-refractivity contribution is -0.111. The number of nitrogens with zero attached hydrogens (tertiary/aromatic N) is 2. The minimum atomic E-state index is -0.241. The molecule has 144 valence electrons. The summed E-state index contributed by atoms with van der Waals surface area (Å²) >= 11 is 5.87. The first-order valence-corrected chi connectivity index (χ1v) is 9.24. The normalized spacial score (nSPS) is 11.1. The summed E-state index contributed by atoms with van der Waals surface area (Å²) in [6.07, 6.45) is 5.13. The quantitative estimate of drug-likeness (QED) is 0.444. The number of furan rings is 1. The first-order chi connectivity index (χ1) is 14.2. The average Bonchev–Trinajstić information content (AvgIpc) is 3.41. The predicted octanol–water partition coefficient (Wildman–Crippen LogP) is 5.23. The molecule has 0 fully saturated rings. The smallest absolute Gasteiger partial charge is 0.248 e. The summed E-state index contributed by atoms with van der Waals surface area (Å²) in [6.45, 7) is 0. The molecule has 29 heavy (non-hydrogen) atoms. The van der Waals surface area contributed by atoms with Crippen LogP contribution in [0.5, 0.6) is 0 Å². The van der Waals surface area contributed by atoms with Crippen LogP contribution in [-0.2, 0) is 11.2 Å². The Hall–Kier alpha value is -3.64. The van der Waals surface area contributed by atoms with Crippen molar-refractivity contribution in [2.24, 2.45) is 0 Å². The van der Waals surface area contributed by atoms with E-state index in [2.05, 4.69) is 15.5 Å². The number of nitrogens with one attached hydrogen (secondary N) is 1. The number of rotatable bonds is 6. The highest BCUT2D eigenvalue weighted by Crippen LogP contribution is 2.21. The van der Waals surface area contributed by atoms with Gasteiger partial charge in [-0.1, -0.05) is 47.1 Å².